The molecule has 0 spiro atoms. The summed E-state index contributed by atoms with van der Waals surface area (Å²) in [6, 6.07) is 7.37. The van der Waals surface area contributed by atoms with Gasteiger partial charge in [0.2, 0.25) is 0 Å². The zero-order valence-electron chi connectivity index (χ0n) is 11.5. The van der Waals surface area contributed by atoms with Gasteiger partial charge in [-0.3, -0.25) is 0 Å². The summed E-state index contributed by atoms with van der Waals surface area (Å²) in [7, 11) is -3.02. The van der Waals surface area contributed by atoms with Crippen molar-refractivity contribution in [1.29, 1.82) is 0 Å². The van der Waals surface area contributed by atoms with Gasteiger partial charge in [0.1, 0.15) is 9.84 Å². The van der Waals surface area contributed by atoms with Gasteiger partial charge in [-0.25, -0.2) is 8.42 Å². The van der Waals surface area contributed by atoms with Crippen LogP contribution < -0.4 is 0 Å². The van der Waals surface area contributed by atoms with E-state index in [1.807, 2.05) is 24.3 Å². The summed E-state index contributed by atoms with van der Waals surface area (Å²) < 4.78 is 23.9. The number of sulfone groups is 1. The molecular weight excluding hydrogens is 344 g/mol. The lowest BCUT2D eigenvalue weighted by atomic mass is 9.78. The van der Waals surface area contributed by atoms with Gasteiger partial charge in [-0.15, -0.1) is 0 Å². The summed E-state index contributed by atoms with van der Waals surface area (Å²) in [5, 5.41) is 19.3. The van der Waals surface area contributed by atoms with Crippen LogP contribution in [0.25, 0.3) is 0 Å². The van der Waals surface area contributed by atoms with Gasteiger partial charge in [-0.05, 0) is 30.5 Å². The Kier molecular flexibility index (Phi) is 6.64. The number of hydrogen-bond acceptors (Lipinski definition) is 4. The van der Waals surface area contributed by atoms with Crippen LogP contribution in [0.1, 0.15) is 25.3 Å². The number of aliphatic hydroxyl groups excluding tert-OH is 2. The van der Waals surface area contributed by atoms with E-state index >= 15 is 0 Å². The topological polar surface area (TPSA) is 74.6 Å². The fourth-order valence-electron chi connectivity index (χ4n) is 2.11. The molecule has 0 radical (unpaired) electrons. The number of halogens is 1. The summed E-state index contributed by atoms with van der Waals surface area (Å²) in [4.78, 5) is 0. The summed E-state index contributed by atoms with van der Waals surface area (Å²) in [5.74, 6) is 0.207. The molecule has 0 saturated heterocycles. The Morgan fingerprint density at radius 2 is 1.70 bits per heavy atom. The van der Waals surface area contributed by atoms with Crippen LogP contribution in [0.2, 0.25) is 0 Å². The van der Waals surface area contributed by atoms with Crippen molar-refractivity contribution in [1.82, 2.24) is 0 Å². The van der Waals surface area contributed by atoms with E-state index in [1.54, 1.807) is 6.92 Å². The molecule has 1 aromatic carbocycles. The first kappa shape index (κ1) is 17.6. The Balaban J connectivity index is 2.84. The summed E-state index contributed by atoms with van der Waals surface area (Å²) in [6.45, 7) is 1.20. The zero-order valence-corrected chi connectivity index (χ0v) is 14.0. The molecule has 2 N–H and O–H groups in total. The molecule has 0 aliphatic carbocycles. The van der Waals surface area contributed by atoms with Crippen molar-refractivity contribution < 1.29 is 18.6 Å². The number of rotatable bonds is 8. The quantitative estimate of drug-likeness (QED) is 0.738. The molecule has 0 aliphatic rings. The molecule has 0 heterocycles. The third-order valence-electron chi connectivity index (χ3n) is 3.61. The molecule has 0 amide bonds. The number of benzene rings is 1. The molecule has 0 aromatic heterocycles. The lowest BCUT2D eigenvalue weighted by molar-refractivity contribution is 0.109. The van der Waals surface area contributed by atoms with Gasteiger partial charge < -0.3 is 10.2 Å². The molecule has 0 fully saturated rings. The highest BCUT2D eigenvalue weighted by atomic mass is 79.9. The van der Waals surface area contributed by atoms with E-state index in [1.165, 1.54) is 0 Å². The van der Waals surface area contributed by atoms with Crippen molar-refractivity contribution in [3.63, 3.8) is 0 Å². The van der Waals surface area contributed by atoms with Gasteiger partial charge in [-0.2, -0.15) is 0 Å². The molecule has 0 saturated carbocycles. The lowest BCUT2D eigenvalue weighted by Gasteiger charge is -2.30. The molecule has 1 rings (SSSR count). The van der Waals surface area contributed by atoms with Crippen LogP contribution in [0.4, 0.5) is 0 Å². The minimum atomic E-state index is -3.02. The fourth-order valence-corrected chi connectivity index (χ4v) is 3.25. The molecule has 0 bridgehead atoms. The highest BCUT2D eigenvalue weighted by molar-refractivity contribution is 9.10. The van der Waals surface area contributed by atoms with E-state index in [0.717, 1.165) is 10.0 Å². The molecule has 0 atom stereocenters. The van der Waals surface area contributed by atoms with Crippen LogP contribution in [-0.2, 0) is 15.3 Å². The molecule has 0 aliphatic heterocycles. The Morgan fingerprint density at radius 1 is 1.15 bits per heavy atom. The van der Waals surface area contributed by atoms with Gasteiger partial charge >= 0.3 is 0 Å². The van der Waals surface area contributed by atoms with E-state index in [-0.39, 0.29) is 24.7 Å². The first-order chi connectivity index (χ1) is 9.39. The average Bonchev–Trinajstić information content (AvgIpc) is 2.45. The van der Waals surface area contributed by atoms with E-state index < -0.39 is 15.3 Å². The van der Waals surface area contributed by atoms with Crippen molar-refractivity contribution in [3.8, 4) is 0 Å². The van der Waals surface area contributed by atoms with Gasteiger partial charge in [0, 0.05) is 15.6 Å². The molecule has 20 heavy (non-hydrogen) atoms. The molecule has 4 nitrogen and oxygen atoms in total. The second-order valence-corrected chi connectivity index (χ2v) is 8.33. The van der Waals surface area contributed by atoms with E-state index in [9.17, 15) is 18.6 Å². The van der Waals surface area contributed by atoms with Gasteiger partial charge in [0.05, 0.1) is 19.0 Å². The third-order valence-corrected chi connectivity index (χ3v) is 5.93. The summed E-state index contributed by atoms with van der Waals surface area (Å²) in [6.07, 6.45) is 0.855. The molecule has 1 aromatic rings. The van der Waals surface area contributed by atoms with Crippen LogP contribution in [0.5, 0.6) is 0 Å². The van der Waals surface area contributed by atoms with E-state index in [4.69, 9.17) is 0 Å². The predicted octanol–water partition coefficient (Wildman–Crippen LogP) is 1.89. The maximum absolute atomic E-state index is 11.5. The van der Waals surface area contributed by atoms with E-state index in [2.05, 4.69) is 15.9 Å². The third kappa shape index (κ3) is 4.55. The van der Waals surface area contributed by atoms with Crippen LogP contribution in [0.15, 0.2) is 28.7 Å². The minimum Gasteiger partial charge on any atom is -0.395 e. The zero-order chi connectivity index (χ0) is 15.2. The Hall–Kier alpha value is -0.430. The van der Waals surface area contributed by atoms with Crippen LogP contribution >= 0.6 is 15.9 Å². The van der Waals surface area contributed by atoms with Crippen LogP contribution in [-0.4, -0.2) is 43.4 Å². The average molecular weight is 365 g/mol. The van der Waals surface area contributed by atoms with Crippen LogP contribution in [0, 0.1) is 0 Å². The maximum atomic E-state index is 11.5. The number of hydrogen-bond donors (Lipinski definition) is 2. The SMILES string of the molecule is CCS(=O)(=O)CCCC(CO)(CO)c1ccc(Br)cc1. The maximum Gasteiger partial charge on any atom is 0.150 e. The number of aliphatic hydroxyl groups is 2. The van der Waals surface area contributed by atoms with Gasteiger partial charge in [0.25, 0.3) is 0 Å². The highest BCUT2D eigenvalue weighted by Gasteiger charge is 2.31. The molecule has 6 heteroatoms. The summed E-state index contributed by atoms with van der Waals surface area (Å²) >= 11 is 3.34. The Morgan fingerprint density at radius 3 is 2.15 bits per heavy atom. The Bertz CT molecular complexity index is 506. The second kappa shape index (κ2) is 7.54. The van der Waals surface area contributed by atoms with Gasteiger partial charge in [0.15, 0.2) is 0 Å². The normalized spacial score (nSPS) is 12.6. The predicted molar refractivity (Wildman–Crippen MR) is 83.6 cm³/mol. The lowest BCUT2D eigenvalue weighted by Crippen LogP contribution is -2.35. The Labute approximate surface area is 128 Å². The molecule has 114 valence electrons. The van der Waals surface area contributed by atoms with Crippen molar-refractivity contribution in [2.45, 2.75) is 25.2 Å². The second-order valence-electron chi connectivity index (χ2n) is 4.94. The first-order valence-electron chi connectivity index (χ1n) is 6.57. The minimum absolute atomic E-state index is 0.0851. The fraction of sp³-hybridized carbons (Fsp3) is 0.571. The smallest absolute Gasteiger partial charge is 0.150 e. The van der Waals surface area contributed by atoms with Gasteiger partial charge in [-0.1, -0.05) is 35.0 Å². The van der Waals surface area contributed by atoms with Crippen molar-refractivity contribution >= 4 is 25.8 Å². The van der Waals surface area contributed by atoms with Crippen molar-refractivity contribution in [3.05, 3.63) is 34.3 Å². The summed E-state index contributed by atoms with van der Waals surface area (Å²) in [5.41, 5.74) is 0.0313. The van der Waals surface area contributed by atoms with E-state index in [0.29, 0.717) is 12.8 Å². The van der Waals surface area contributed by atoms with Crippen molar-refractivity contribution in [2.24, 2.45) is 0 Å². The largest absolute Gasteiger partial charge is 0.395 e. The standard InChI is InChI=1S/C14H21BrO4S/c1-2-20(18,19)9-3-8-14(10-16,11-17)12-4-6-13(15)7-5-12/h4-7,16-17H,2-3,8-11H2,1H3. The molecular formula is C14H21BrO4S. The molecule has 0 unspecified atom stereocenters. The monoisotopic (exact) mass is 364 g/mol. The van der Waals surface area contributed by atoms with Crippen molar-refractivity contribution in [2.75, 3.05) is 24.7 Å². The highest BCUT2D eigenvalue weighted by Crippen LogP contribution is 2.30. The van der Waals surface area contributed by atoms with Crippen LogP contribution in [0.3, 0.4) is 0 Å². The first-order valence-corrected chi connectivity index (χ1v) is 9.19.